The van der Waals surface area contributed by atoms with Gasteiger partial charge in [-0.25, -0.2) is 4.79 Å². The van der Waals surface area contributed by atoms with E-state index in [-0.39, 0.29) is 24.9 Å². The summed E-state index contributed by atoms with van der Waals surface area (Å²) >= 11 is 0. The molecule has 0 aliphatic carbocycles. The molecule has 2 aromatic carbocycles. The Morgan fingerprint density at radius 2 is 1.60 bits per heavy atom. The lowest BCUT2D eigenvalue weighted by Gasteiger charge is -2.34. The van der Waals surface area contributed by atoms with Gasteiger partial charge < -0.3 is 14.7 Å². The fourth-order valence-electron chi connectivity index (χ4n) is 3.20. The summed E-state index contributed by atoms with van der Waals surface area (Å²) in [5.74, 6) is -1.29. The van der Waals surface area contributed by atoms with E-state index >= 15 is 0 Å². The number of amides is 1. The minimum absolute atomic E-state index is 0.0441. The van der Waals surface area contributed by atoms with E-state index in [9.17, 15) is 14.7 Å². The lowest BCUT2D eigenvalue weighted by atomic mass is 9.88. The monoisotopic (exact) mass is 339 g/mol. The number of benzene rings is 2. The van der Waals surface area contributed by atoms with E-state index in [0.717, 1.165) is 11.1 Å². The van der Waals surface area contributed by atoms with Crippen LogP contribution >= 0.6 is 0 Å². The predicted octanol–water partition coefficient (Wildman–Crippen LogP) is 2.52. The van der Waals surface area contributed by atoms with Crippen LogP contribution in [0.25, 0.3) is 0 Å². The molecule has 2 aromatic rings. The lowest BCUT2D eigenvalue weighted by molar-refractivity contribution is -0.158. The number of carboxylic acids is 1. The van der Waals surface area contributed by atoms with E-state index in [1.54, 1.807) is 0 Å². The number of nitrogens with zero attached hydrogens (tertiary/aromatic N) is 1. The lowest BCUT2D eigenvalue weighted by Crippen LogP contribution is -2.52. The molecule has 130 valence electrons. The van der Waals surface area contributed by atoms with Crippen molar-refractivity contribution in [3.05, 3.63) is 71.8 Å². The van der Waals surface area contributed by atoms with E-state index in [1.165, 1.54) is 4.90 Å². The molecular formula is C20H21NO4. The largest absolute Gasteiger partial charge is 0.480 e. The van der Waals surface area contributed by atoms with Gasteiger partial charge in [-0.1, -0.05) is 60.7 Å². The molecule has 0 radical (unpaired) electrons. The summed E-state index contributed by atoms with van der Waals surface area (Å²) in [6.07, 6.45) is 0.234. The highest BCUT2D eigenvalue weighted by Crippen LogP contribution is 2.29. The minimum atomic E-state index is -1.02. The molecule has 3 rings (SSSR count). The first kappa shape index (κ1) is 17.2. The summed E-state index contributed by atoms with van der Waals surface area (Å²) in [6.45, 7) is 0.728. The number of hydrogen-bond acceptors (Lipinski definition) is 3. The molecule has 1 aliphatic heterocycles. The van der Waals surface area contributed by atoms with Crippen molar-refractivity contribution >= 4 is 11.9 Å². The van der Waals surface area contributed by atoms with Crippen LogP contribution in [0.4, 0.5) is 0 Å². The van der Waals surface area contributed by atoms with Crippen LogP contribution in [0.2, 0.25) is 0 Å². The summed E-state index contributed by atoms with van der Waals surface area (Å²) < 4.78 is 5.22. The van der Waals surface area contributed by atoms with Crippen LogP contribution in [0.1, 0.15) is 23.5 Å². The highest BCUT2D eigenvalue weighted by atomic mass is 16.5. The Kier molecular flexibility index (Phi) is 5.46. The summed E-state index contributed by atoms with van der Waals surface area (Å²) in [6, 6.07) is 18.8. The first-order valence-electron chi connectivity index (χ1n) is 8.36. The van der Waals surface area contributed by atoms with Gasteiger partial charge in [0.25, 0.3) is 0 Å². The second-order valence-corrected chi connectivity index (χ2v) is 6.09. The van der Waals surface area contributed by atoms with Crippen LogP contribution in [-0.4, -0.2) is 47.7 Å². The number of morpholine rings is 1. The minimum Gasteiger partial charge on any atom is -0.480 e. The van der Waals surface area contributed by atoms with Crippen LogP contribution in [0.5, 0.6) is 0 Å². The Bertz CT molecular complexity index is 677. The maximum atomic E-state index is 12.9. The standard InChI is InChI=1S/C20H21NO4/c22-19(21-11-12-25-14-18(21)20(23)24)13-17(15-7-3-1-4-8-15)16-9-5-2-6-10-16/h1-10,17-18H,11-14H2,(H,23,24)/t18-/m0/s1. The van der Waals surface area contributed by atoms with Crippen molar-refractivity contribution in [2.75, 3.05) is 19.8 Å². The van der Waals surface area contributed by atoms with E-state index in [2.05, 4.69) is 0 Å². The first-order valence-corrected chi connectivity index (χ1v) is 8.36. The molecule has 5 heteroatoms. The Morgan fingerprint density at radius 3 is 2.12 bits per heavy atom. The fraction of sp³-hybridized carbons (Fsp3) is 0.300. The summed E-state index contributed by atoms with van der Waals surface area (Å²) in [4.78, 5) is 25.7. The Balaban J connectivity index is 1.85. The fourth-order valence-corrected chi connectivity index (χ4v) is 3.20. The van der Waals surface area contributed by atoms with Crippen LogP contribution in [0, 0.1) is 0 Å². The van der Waals surface area contributed by atoms with Gasteiger partial charge in [-0.3, -0.25) is 4.79 Å². The zero-order chi connectivity index (χ0) is 17.6. The molecule has 0 unspecified atom stereocenters. The quantitative estimate of drug-likeness (QED) is 0.909. The Labute approximate surface area is 146 Å². The smallest absolute Gasteiger partial charge is 0.328 e. The van der Waals surface area contributed by atoms with E-state index in [1.807, 2.05) is 60.7 Å². The topological polar surface area (TPSA) is 66.8 Å². The number of ether oxygens (including phenoxy) is 1. The van der Waals surface area contributed by atoms with Gasteiger partial charge in [-0.05, 0) is 11.1 Å². The van der Waals surface area contributed by atoms with E-state index in [0.29, 0.717) is 13.2 Å². The maximum absolute atomic E-state index is 12.9. The van der Waals surface area contributed by atoms with Gasteiger partial charge in [0.2, 0.25) is 5.91 Å². The molecule has 1 amide bonds. The molecule has 1 N–H and O–H groups in total. The third-order valence-electron chi connectivity index (χ3n) is 4.52. The van der Waals surface area contributed by atoms with Crippen molar-refractivity contribution in [3.8, 4) is 0 Å². The van der Waals surface area contributed by atoms with Crippen LogP contribution in [0.15, 0.2) is 60.7 Å². The Morgan fingerprint density at radius 1 is 1.04 bits per heavy atom. The molecule has 1 saturated heterocycles. The molecule has 0 aromatic heterocycles. The number of hydrogen-bond donors (Lipinski definition) is 1. The van der Waals surface area contributed by atoms with E-state index < -0.39 is 12.0 Å². The summed E-state index contributed by atoms with van der Waals surface area (Å²) in [7, 11) is 0. The number of aliphatic carboxylic acids is 1. The van der Waals surface area contributed by atoms with Gasteiger partial charge in [0.05, 0.1) is 13.2 Å². The van der Waals surface area contributed by atoms with Crippen molar-refractivity contribution < 1.29 is 19.4 Å². The van der Waals surface area contributed by atoms with Crippen molar-refractivity contribution in [1.82, 2.24) is 4.90 Å². The average Bonchev–Trinajstić information content (AvgIpc) is 2.67. The molecular weight excluding hydrogens is 318 g/mol. The zero-order valence-corrected chi connectivity index (χ0v) is 13.9. The highest BCUT2D eigenvalue weighted by Gasteiger charge is 2.33. The third kappa shape index (κ3) is 4.06. The summed E-state index contributed by atoms with van der Waals surface area (Å²) in [5, 5.41) is 9.35. The molecule has 0 spiro atoms. The average molecular weight is 339 g/mol. The van der Waals surface area contributed by atoms with Gasteiger partial charge >= 0.3 is 5.97 Å². The number of carboxylic acid groups (broad SMARTS) is 1. The zero-order valence-electron chi connectivity index (χ0n) is 13.9. The van der Waals surface area contributed by atoms with Crippen LogP contribution in [-0.2, 0) is 14.3 Å². The molecule has 1 atom stereocenters. The van der Waals surface area contributed by atoms with Crippen LogP contribution in [0.3, 0.4) is 0 Å². The second-order valence-electron chi connectivity index (χ2n) is 6.09. The predicted molar refractivity (Wildman–Crippen MR) is 93.3 cm³/mol. The SMILES string of the molecule is O=C(O)[C@@H]1COCCN1C(=O)CC(c1ccccc1)c1ccccc1. The summed E-state index contributed by atoms with van der Waals surface area (Å²) in [5.41, 5.74) is 2.09. The molecule has 0 bridgehead atoms. The van der Waals surface area contributed by atoms with Crippen molar-refractivity contribution in [2.45, 2.75) is 18.4 Å². The van der Waals surface area contributed by atoms with Crippen molar-refractivity contribution in [3.63, 3.8) is 0 Å². The van der Waals surface area contributed by atoms with Gasteiger partial charge in [0.15, 0.2) is 6.04 Å². The number of rotatable bonds is 5. The van der Waals surface area contributed by atoms with Gasteiger partial charge in [-0.15, -0.1) is 0 Å². The van der Waals surface area contributed by atoms with Crippen LogP contribution < -0.4 is 0 Å². The molecule has 5 nitrogen and oxygen atoms in total. The van der Waals surface area contributed by atoms with Crippen molar-refractivity contribution in [1.29, 1.82) is 0 Å². The molecule has 25 heavy (non-hydrogen) atoms. The number of carbonyl (C=O) groups excluding carboxylic acids is 1. The molecule has 1 fully saturated rings. The molecule has 1 heterocycles. The molecule has 1 aliphatic rings. The van der Waals surface area contributed by atoms with Gasteiger partial charge in [0.1, 0.15) is 0 Å². The normalized spacial score (nSPS) is 17.5. The van der Waals surface area contributed by atoms with E-state index in [4.69, 9.17) is 4.74 Å². The first-order chi connectivity index (χ1) is 12.2. The van der Waals surface area contributed by atoms with Gasteiger partial charge in [-0.2, -0.15) is 0 Å². The highest BCUT2D eigenvalue weighted by molar-refractivity contribution is 5.84. The number of carbonyl (C=O) groups is 2. The van der Waals surface area contributed by atoms with Gasteiger partial charge in [0, 0.05) is 18.9 Å². The Hall–Kier alpha value is -2.66. The second kappa shape index (κ2) is 7.94. The van der Waals surface area contributed by atoms with Crippen molar-refractivity contribution in [2.24, 2.45) is 0 Å². The molecule has 0 saturated carbocycles. The maximum Gasteiger partial charge on any atom is 0.328 e. The third-order valence-corrected chi connectivity index (χ3v) is 4.52.